The highest BCUT2D eigenvalue weighted by molar-refractivity contribution is 6.01. The lowest BCUT2D eigenvalue weighted by Crippen LogP contribution is -2.47. The molecule has 1 aromatic rings. The molecular weight excluding hydrogens is 292 g/mol. The minimum absolute atomic E-state index is 0.186. The van der Waals surface area contributed by atoms with Crippen LogP contribution in [0.5, 0.6) is 0 Å². The molecule has 3 rings (SSSR count). The van der Waals surface area contributed by atoms with Crippen LogP contribution in [0.2, 0.25) is 0 Å². The number of hydrogen-bond acceptors (Lipinski definition) is 5. The minimum Gasteiger partial charge on any atom is -0.374 e. The van der Waals surface area contributed by atoms with Gasteiger partial charge in [0.2, 0.25) is 11.8 Å². The lowest BCUT2D eigenvalue weighted by Gasteiger charge is -2.33. The summed E-state index contributed by atoms with van der Waals surface area (Å²) in [6.45, 7) is 2.07. The number of carbonyl (C=O) groups excluding carboxylic acids is 2. The molecule has 6 heteroatoms. The smallest absolute Gasteiger partial charge is 0.249 e. The highest BCUT2D eigenvalue weighted by atomic mass is 16.2. The second-order valence-electron chi connectivity index (χ2n) is 6.25. The molecule has 0 aliphatic carbocycles. The van der Waals surface area contributed by atoms with Gasteiger partial charge in [0.05, 0.1) is 0 Å². The number of hydrogen-bond donors (Lipinski definition) is 3. The van der Waals surface area contributed by atoms with Crippen LogP contribution in [0.3, 0.4) is 0 Å². The molecule has 6 nitrogen and oxygen atoms in total. The second kappa shape index (κ2) is 7.00. The van der Waals surface area contributed by atoms with Gasteiger partial charge in [-0.25, -0.2) is 0 Å². The monoisotopic (exact) mass is 316 g/mol. The van der Waals surface area contributed by atoms with Crippen LogP contribution in [-0.2, 0) is 9.59 Å². The maximum absolute atomic E-state index is 11.9. The van der Waals surface area contributed by atoms with Crippen LogP contribution >= 0.6 is 0 Å². The van der Waals surface area contributed by atoms with Crippen LogP contribution in [0, 0.1) is 0 Å². The fraction of sp³-hybridized carbons (Fsp3) is 0.529. The fourth-order valence-electron chi connectivity index (χ4n) is 3.25. The van der Waals surface area contributed by atoms with Crippen LogP contribution in [0.4, 0.5) is 11.4 Å². The van der Waals surface area contributed by atoms with E-state index >= 15 is 0 Å². The summed E-state index contributed by atoms with van der Waals surface area (Å²) in [6, 6.07) is 8.44. The van der Waals surface area contributed by atoms with Crippen molar-refractivity contribution in [2.75, 3.05) is 30.4 Å². The second-order valence-corrected chi connectivity index (χ2v) is 6.25. The van der Waals surface area contributed by atoms with Gasteiger partial charge in [0, 0.05) is 36.9 Å². The third-order valence-electron chi connectivity index (χ3n) is 4.69. The van der Waals surface area contributed by atoms with E-state index in [0.29, 0.717) is 18.9 Å². The van der Waals surface area contributed by atoms with Gasteiger partial charge >= 0.3 is 0 Å². The van der Waals surface area contributed by atoms with Crippen molar-refractivity contribution >= 4 is 23.2 Å². The lowest BCUT2D eigenvalue weighted by atomic mass is 10.0. The number of anilines is 2. The van der Waals surface area contributed by atoms with Crippen molar-refractivity contribution < 1.29 is 9.59 Å². The van der Waals surface area contributed by atoms with Gasteiger partial charge in [0.1, 0.15) is 6.04 Å². The zero-order chi connectivity index (χ0) is 16.2. The van der Waals surface area contributed by atoms with Gasteiger partial charge in [-0.05, 0) is 44.5 Å². The van der Waals surface area contributed by atoms with Crippen LogP contribution in [0.15, 0.2) is 24.3 Å². The standard InChI is InChI=1S/C17H24N4O2/c1-18-12-7-9-21(10-8-12)14-4-2-3-13(11-14)19-15-5-6-16(22)20-17(15)23/h2-4,11-12,15,18-19H,5-10H2,1H3,(H,20,22,23). The van der Waals surface area contributed by atoms with Gasteiger partial charge in [-0.1, -0.05) is 6.07 Å². The van der Waals surface area contributed by atoms with E-state index in [1.165, 1.54) is 5.69 Å². The van der Waals surface area contributed by atoms with Crippen molar-refractivity contribution in [2.24, 2.45) is 0 Å². The number of nitrogens with one attached hydrogen (secondary N) is 3. The summed E-state index contributed by atoms with van der Waals surface area (Å²) >= 11 is 0. The Morgan fingerprint density at radius 3 is 2.65 bits per heavy atom. The van der Waals surface area contributed by atoms with E-state index in [2.05, 4.69) is 33.0 Å². The summed E-state index contributed by atoms with van der Waals surface area (Å²) in [4.78, 5) is 25.4. The number of amides is 2. The van der Waals surface area contributed by atoms with E-state index in [9.17, 15) is 9.59 Å². The average molecular weight is 316 g/mol. The zero-order valence-corrected chi connectivity index (χ0v) is 13.5. The van der Waals surface area contributed by atoms with Crippen molar-refractivity contribution in [3.63, 3.8) is 0 Å². The Kier molecular flexibility index (Phi) is 4.81. The first-order valence-electron chi connectivity index (χ1n) is 8.28. The van der Waals surface area contributed by atoms with E-state index in [4.69, 9.17) is 0 Å². The first-order valence-corrected chi connectivity index (χ1v) is 8.28. The van der Waals surface area contributed by atoms with Crippen molar-refractivity contribution in [3.8, 4) is 0 Å². The molecule has 2 saturated heterocycles. The number of rotatable bonds is 4. The summed E-state index contributed by atoms with van der Waals surface area (Å²) in [5.41, 5.74) is 2.10. The molecule has 0 saturated carbocycles. The normalized spacial score (nSPS) is 22.8. The summed E-state index contributed by atoms with van der Waals surface area (Å²) in [6.07, 6.45) is 3.21. The van der Waals surface area contributed by atoms with Gasteiger partial charge in [-0.3, -0.25) is 14.9 Å². The molecule has 2 amide bonds. The Hall–Kier alpha value is -2.08. The predicted molar refractivity (Wildman–Crippen MR) is 90.5 cm³/mol. The molecular formula is C17H24N4O2. The van der Waals surface area contributed by atoms with E-state index in [-0.39, 0.29) is 17.9 Å². The molecule has 0 radical (unpaired) electrons. The van der Waals surface area contributed by atoms with E-state index in [1.54, 1.807) is 0 Å². The maximum atomic E-state index is 11.9. The van der Waals surface area contributed by atoms with E-state index < -0.39 is 0 Å². The zero-order valence-electron chi connectivity index (χ0n) is 13.5. The molecule has 3 N–H and O–H groups in total. The van der Waals surface area contributed by atoms with Crippen LogP contribution < -0.4 is 20.9 Å². The largest absolute Gasteiger partial charge is 0.374 e. The average Bonchev–Trinajstić information content (AvgIpc) is 2.58. The first-order chi connectivity index (χ1) is 11.2. The molecule has 2 heterocycles. The summed E-state index contributed by atoms with van der Waals surface area (Å²) < 4.78 is 0. The molecule has 2 fully saturated rings. The third kappa shape index (κ3) is 3.82. The van der Waals surface area contributed by atoms with E-state index in [1.807, 2.05) is 19.2 Å². The lowest BCUT2D eigenvalue weighted by molar-refractivity contribution is -0.133. The summed E-state index contributed by atoms with van der Waals surface area (Å²) in [5, 5.41) is 8.97. The highest BCUT2D eigenvalue weighted by Crippen LogP contribution is 2.24. The minimum atomic E-state index is -0.335. The molecule has 0 aromatic heterocycles. The molecule has 124 valence electrons. The number of piperidine rings is 2. The quantitative estimate of drug-likeness (QED) is 0.725. The van der Waals surface area contributed by atoms with Crippen LogP contribution in [0.1, 0.15) is 25.7 Å². The Bertz CT molecular complexity index is 582. The van der Waals surface area contributed by atoms with Gasteiger partial charge in [-0.2, -0.15) is 0 Å². The molecule has 23 heavy (non-hydrogen) atoms. The van der Waals surface area contributed by atoms with E-state index in [0.717, 1.165) is 31.6 Å². The molecule has 2 aliphatic heterocycles. The molecule has 1 unspecified atom stereocenters. The van der Waals surface area contributed by atoms with Crippen molar-refractivity contribution in [2.45, 2.75) is 37.8 Å². The third-order valence-corrected chi connectivity index (χ3v) is 4.69. The first kappa shape index (κ1) is 15.8. The molecule has 0 spiro atoms. The Labute approximate surface area is 136 Å². The number of benzene rings is 1. The number of nitrogens with zero attached hydrogens (tertiary/aromatic N) is 1. The highest BCUT2D eigenvalue weighted by Gasteiger charge is 2.26. The Balaban J connectivity index is 1.63. The van der Waals surface area contributed by atoms with Crippen molar-refractivity contribution in [1.82, 2.24) is 10.6 Å². The summed E-state index contributed by atoms with van der Waals surface area (Å²) in [5.74, 6) is -0.421. The SMILES string of the molecule is CNC1CCN(c2cccc(NC3CCC(=O)NC3=O)c2)CC1. The number of imide groups is 1. The molecule has 2 aliphatic rings. The van der Waals surface area contributed by atoms with Gasteiger partial charge in [0.25, 0.3) is 0 Å². The Morgan fingerprint density at radius 1 is 1.17 bits per heavy atom. The van der Waals surface area contributed by atoms with Gasteiger partial charge in [0.15, 0.2) is 0 Å². The Morgan fingerprint density at radius 2 is 1.96 bits per heavy atom. The fourth-order valence-corrected chi connectivity index (χ4v) is 3.25. The van der Waals surface area contributed by atoms with Gasteiger partial charge in [-0.15, -0.1) is 0 Å². The van der Waals surface area contributed by atoms with Crippen LogP contribution in [0.25, 0.3) is 0 Å². The summed E-state index contributed by atoms with van der Waals surface area (Å²) in [7, 11) is 2.02. The molecule has 1 atom stereocenters. The van der Waals surface area contributed by atoms with Gasteiger partial charge < -0.3 is 15.5 Å². The van der Waals surface area contributed by atoms with Crippen molar-refractivity contribution in [1.29, 1.82) is 0 Å². The predicted octanol–water partition coefficient (Wildman–Crippen LogP) is 1.09. The topological polar surface area (TPSA) is 73.5 Å². The molecule has 1 aromatic carbocycles. The maximum Gasteiger partial charge on any atom is 0.249 e. The number of carbonyl (C=O) groups is 2. The van der Waals surface area contributed by atoms with Crippen LogP contribution in [-0.4, -0.2) is 44.0 Å². The molecule has 0 bridgehead atoms. The van der Waals surface area contributed by atoms with Crippen molar-refractivity contribution in [3.05, 3.63) is 24.3 Å².